The van der Waals surface area contributed by atoms with Gasteiger partial charge in [0.25, 0.3) is 0 Å². The molecule has 0 radical (unpaired) electrons. The van der Waals surface area contributed by atoms with E-state index in [2.05, 4.69) is 13.0 Å². The van der Waals surface area contributed by atoms with Crippen molar-refractivity contribution in [2.45, 2.75) is 45.6 Å². The van der Waals surface area contributed by atoms with Gasteiger partial charge in [0.05, 0.1) is 6.61 Å². The van der Waals surface area contributed by atoms with Crippen molar-refractivity contribution >= 4 is 6.16 Å². The summed E-state index contributed by atoms with van der Waals surface area (Å²) < 4.78 is 10.2. The van der Waals surface area contributed by atoms with Crippen LogP contribution in [0.3, 0.4) is 0 Å². The predicted octanol–water partition coefficient (Wildman–Crippen LogP) is 5.04. The van der Waals surface area contributed by atoms with E-state index in [1.807, 2.05) is 36.4 Å². The predicted molar refractivity (Wildman–Crippen MR) is 80.6 cm³/mol. The Morgan fingerprint density at radius 3 is 2.60 bits per heavy atom. The summed E-state index contributed by atoms with van der Waals surface area (Å²) in [5.41, 5.74) is 0.951. The second-order valence-corrected chi connectivity index (χ2v) is 4.56. The number of hydrogen-bond donors (Lipinski definition) is 0. The molecule has 0 spiro atoms. The van der Waals surface area contributed by atoms with Crippen LogP contribution in [0, 0.1) is 0 Å². The van der Waals surface area contributed by atoms with Crippen molar-refractivity contribution in [3.05, 3.63) is 48.0 Å². The summed E-state index contributed by atoms with van der Waals surface area (Å²) in [6.07, 6.45) is 7.59. The van der Waals surface area contributed by atoms with Crippen LogP contribution in [0.25, 0.3) is 0 Å². The summed E-state index contributed by atoms with van der Waals surface area (Å²) in [6, 6.07) is 9.69. The second-order valence-electron chi connectivity index (χ2n) is 4.56. The minimum Gasteiger partial charge on any atom is -0.435 e. The molecule has 1 atom stereocenters. The minimum absolute atomic E-state index is 0.320. The van der Waals surface area contributed by atoms with Crippen LogP contribution in [-0.4, -0.2) is 12.8 Å². The first-order chi connectivity index (χ1) is 9.77. The fraction of sp³-hybridized carbons (Fsp3) is 0.471. The molecule has 1 rings (SSSR count). The molecule has 110 valence electrons. The fourth-order valence-electron chi connectivity index (χ4n) is 1.85. The first-order valence-corrected chi connectivity index (χ1v) is 7.33. The van der Waals surface area contributed by atoms with Gasteiger partial charge in [-0.25, -0.2) is 4.79 Å². The molecule has 1 aromatic rings. The number of hydrogen-bond acceptors (Lipinski definition) is 3. The number of allylic oxidation sites excluding steroid dienone is 1. The molecule has 0 saturated carbocycles. The van der Waals surface area contributed by atoms with Crippen LogP contribution in [-0.2, 0) is 9.47 Å². The van der Waals surface area contributed by atoms with Gasteiger partial charge < -0.3 is 9.47 Å². The molecule has 1 aromatic carbocycles. The number of unbranched alkanes of at least 4 members (excludes halogenated alkanes) is 3. The monoisotopic (exact) mass is 276 g/mol. The zero-order valence-electron chi connectivity index (χ0n) is 12.4. The average Bonchev–Trinajstić information content (AvgIpc) is 2.47. The Labute approximate surface area is 121 Å². The SMILES string of the molecule is CCCCC/C=C/C(OC(=O)OCC)c1ccccc1. The van der Waals surface area contributed by atoms with Crippen LogP contribution >= 0.6 is 0 Å². The Hall–Kier alpha value is -1.77. The minimum atomic E-state index is -0.625. The molecule has 1 unspecified atom stereocenters. The van der Waals surface area contributed by atoms with Gasteiger partial charge in [-0.15, -0.1) is 0 Å². The lowest BCUT2D eigenvalue weighted by Crippen LogP contribution is -2.11. The van der Waals surface area contributed by atoms with Crippen molar-refractivity contribution in [2.24, 2.45) is 0 Å². The van der Waals surface area contributed by atoms with Gasteiger partial charge >= 0.3 is 6.16 Å². The first-order valence-electron chi connectivity index (χ1n) is 7.33. The van der Waals surface area contributed by atoms with Gasteiger partial charge in [-0.05, 0) is 31.4 Å². The highest BCUT2D eigenvalue weighted by Gasteiger charge is 2.13. The third-order valence-corrected chi connectivity index (χ3v) is 2.90. The lowest BCUT2D eigenvalue weighted by molar-refractivity contribution is 0.0400. The molecule has 0 bridgehead atoms. The molecule has 3 heteroatoms. The average molecular weight is 276 g/mol. The topological polar surface area (TPSA) is 35.5 Å². The van der Waals surface area contributed by atoms with E-state index >= 15 is 0 Å². The fourth-order valence-corrected chi connectivity index (χ4v) is 1.85. The molecule has 0 N–H and O–H groups in total. The Bertz CT molecular complexity index is 398. The quantitative estimate of drug-likeness (QED) is 0.379. The maximum absolute atomic E-state index is 11.5. The maximum Gasteiger partial charge on any atom is 0.509 e. The second kappa shape index (κ2) is 10.1. The van der Waals surface area contributed by atoms with Gasteiger partial charge in [0.2, 0.25) is 0 Å². The van der Waals surface area contributed by atoms with Crippen LogP contribution in [0.15, 0.2) is 42.5 Å². The van der Waals surface area contributed by atoms with Gasteiger partial charge in [0.1, 0.15) is 6.10 Å². The van der Waals surface area contributed by atoms with E-state index in [-0.39, 0.29) is 6.10 Å². The number of benzene rings is 1. The molecule has 20 heavy (non-hydrogen) atoms. The smallest absolute Gasteiger partial charge is 0.435 e. The largest absolute Gasteiger partial charge is 0.509 e. The molecule has 0 fully saturated rings. The molecule has 0 aromatic heterocycles. The van der Waals surface area contributed by atoms with E-state index in [4.69, 9.17) is 9.47 Å². The van der Waals surface area contributed by atoms with E-state index < -0.39 is 6.16 Å². The number of ether oxygens (including phenoxy) is 2. The Kier molecular flexibility index (Phi) is 8.20. The van der Waals surface area contributed by atoms with E-state index in [0.717, 1.165) is 18.4 Å². The summed E-state index contributed by atoms with van der Waals surface area (Å²) in [4.78, 5) is 11.5. The van der Waals surface area contributed by atoms with Crippen molar-refractivity contribution in [2.75, 3.05) is 6.61 Å². The lowest BCUT2D eigenvalue weighted by Gasteiger charge is -2.14. The normalized spacial score (nSPS) is 12.3. The van der Waals surface area contributed by atoms with Gasteiger partial charge in [0, 0.05) is 0 Å². The van der Waals surface area contributed by atoms with Crippen molar-refractivity contribution in [3.8, 4) is 0 Å². The molecule has 0 amide bonds. The Morgan fingerprint density at radius 2 is 1.95 bits per heavy atom. The molecule has 0 aliphatic heterocycles. The number of carbonyl (C=O) groups excluding carboxylic acids is 1. The van der Waals surface area contributed by atoms with Crippen molar-refractivity contribution in [1.29, 1.82) is 0 Å². The molecule has 0 aliphatic carbocycles. The number of rotatable bonds is 8. The first kappa shape index (κ1) is 16.3. The molecule has 0 saturated heterocycles. The summed E-state index contributed by atoms with van der Waals surface area (Å²) in [5, 5.41) is 0. The summed E-state index contributed by atoms with van der Waals surface area (Å²) in [5.74, 6) is 0. The van der Waals surface area contributed by atoms with E-state index in [0.29, 0.717) is 6.61 Å². The highest BCUT2D eigenvalue weighted by molar-refractivity contribution is 5.60. The molecule has 3 nitrogen and oxygen atoms in total. The van der Waals surface area contributed by atoms with Crippen molar-refractivity contribution < 1.29 is 14.3 Å². The zero-order chi connectivity index (χ0) is 14.6. The van der Waals surface area contributed by atoms with E-state index in [9.17, 15) is 4.79 Å². The van der Waals surface area contributed by atoms with Gasteiger partial charge in [-0.2, -0.15) is 0 Å². The molecule has 0 aliphatic rings. The number of carbonyl (C=O) groups is 1. The molecular formula is C17H24O3. The summed E-state index contributed by atoms with van der Waals surface area (Å²) >= 11 is 0. The van der Waals surface area contributed by atoms with Crippen LogP contribution in [0.4, 0.5) is 4.79 Å². The zero-order valence-corrected chi connectivity index (χ0v) is 12.4. The van der Waals surface area contributed by atoms with Crippen LogP contribution in [0.5, 0.6) is 0 Å². The van der Waals surface area contributed by atoms with E-state index in [1.54, 1.807) is 6.92 Å². The molecular weight excluding hydrogens is 252 g/mol. The third-order valence-electron chi connectivity index (χ3n) is 2.90. The lowest BCUT2D eigenvalue weighted by atomic mass is 10.1. The Balaban J connectivity index is 2.62. The highest BCUT2D eigenvalue weighted by Crippen LogP contribution is 2.20. The van der Waals surface area contributed by atoms with Crippen LogP contribution in [0.1, 0.15) is 51.2 Å². The van der Waals surface area contributed by atoms with Crippen LogP contribution < -0.4 is 0 Å². The highest BCUT2D eigenvalue weighted by atomic mass is 16.7. The third kappa shape index (κ3) is 6.41. The Morgan fingerprint density at radius 1 is 1.20 bits per heavy atom. The van der Waals surface area contributed by atoms with Gasteiger partial charge in [-0.1, -0.05) is 56.2 Å². The van der Waals surface area contributed by atoms with Gasteiger partial charge in [0.15, 0.2) is 0 Å². The van der Waals surface area contributed by atoms with Crippen molar-refractivity contribution in [1.82, 2.24) is 0 Å². The molecule has 0 heterocycles. The summed E-state index contributed by atoms with van der Waals surface area (Å²) in [7, 11) is 0. The van der Waals surface area contributed by atoms with Gasteiger partial charge in [-0.3, -0.25) is 0 Å². The van der Waals surface area contributed by atoms with Crippen LogP contribution in [0.2, 0.25) is 0 Å². The maximum atomic E-state index is 11.5. The van der Waals surface area contributed by atoms with Crippen molar-refractivity contribution in [3.63, 3.8) is 0 Å². The standard InChI is InChI=1S/C17H24O3/c1-3-5-6-7-11-14-16(20-17(18)19-4-2)15-12-9-8-10-13-15/h8-14,16H,3-7H2,1-2H3/b14-11+. The summed E-state index contributed by atoms with van der Waals surface area (Å²) in [6.45, 7) is 4.26. The van der Waals surface area contributed by atoms with E-state index in [1.165, 1.54) is 12.8 Å².